The summed E-state index contributed by atoms with van der Waals surface area (Å²) in [7, 11) is 0. The van der Waals surface area contributed by atoms with E-state index in [-0.39, 0.29) is 23.5 Å². The number of benzene rings is 2. The third-order valence-corrected chi connectivity index (χ3v) is 5.66. The fourth-order valence-corrected chi connectivity index (χ4v) is 3.81. The average Bonchev–Trinajstić information content (AvgIpc) is 3.07. The molecule has 2 aromatic rings. The zero-order valence-electron chi connectivity index (χ0n) is 17.9. The molecule has 33 heavy (non-hydrogen) atoms. The molecule has 6 N–H and O–H groups in total. The summed E-state index contributed by atoms with van der Waals surface area (Å²) in [4.78, 5) is 38.4. The SMILES string of the molecule is CCc1ccc(/C=C2\SC(=O)N(C/C=C/C(=O)Nc3ccc(/C(N)=N/NN)cc3)C2=O)cc1. The van der Waals surface area contributed by atoms with Gasteiger partial charge >= 0.3 is 0 Å². The van der Waals surface area contributed by atoms with Crippen molar-refractivity contribution < 1.29 is 14.4 Å². The molecule has 170 valence electrons. The molecule has 0 spiro atoms. The Morgan fingerprint density at radius 1 is 1.12 bits per heavy atom. The molecule has 1 saturated heterocycles. The molecule has 3 amide bonds. The van der Waals surface area contributed by atoms with Gasteiger partial charge in [-0.1, -0.05) is 37.3 Å². The summed E-state index contributed by atoms with van der Waals surface area (Å²) in [5.41, 5.74) is 11.1. The number of hydrogen-bond acceptors (Lipinski definition) is 7. The molecule has 1 aliphatic rings. The first-order chi connectivity index (χ1) is 15.9. The van der Waals surface area contributed by atoms with Crippen LogP contribution >= 0.6 is 11.8 Å². The van der Waals surface area contributed by atoms with Gasteiger partial charge in [-0.2, -0.15) is 0 Å². The van der Waals surface area contributed by atoms with E-state index in [0.717, 1.165) is 28.6 Å². The van der Waals surface area contributed by atoms with E-state index in [2.05, 4.69) is 22.9 Å². The standard InChI is InChI=1S/C23H24N6O3S/c1-2-15-5-7-16(8-6-15)14-19-22(31)29(23(32)33-19)13-3-4-20(30)26-18-11-9-17(10-12-18)21(24)27-28-25/h3-12,14,28H,2,13,25H2,1H3,(H2,24,27)(H,26,30)/b4-3+,19-14-. The van der Waals surface area contributed by atoms with Crippen LogP contribution in [0, 0.1) is 0 Å². The third kappa shape index (κ3) is 6.31. The number of aryl methyl sites for hydroxylation is 1. The summed E-state index contributed by atoms with van der Waals surface area (Å²) in [6.07, 6.45) is 5.37. The lowest BCUT2D eigenvalue weighted by Crippen LogP contribution is -2.28. The molecule has 10 heteroatoms. The fraction of sp³-hybridized carbons (Fsp3) is 0.130. The molecule has 3 rings (SSSR count). The Hall–Kier alpha value is -3.89. The summed E-state index contributed by atoms with van der Waals surface area (Å²) in [6.45, 7) is 2.07. The number of imide groups is 1. The monoisotopic (exact) mass is 464 g/mol. The van der Waals surface area contributed by atoms with Gasteiger partial charge in [-0.3, -0.25) is 19.3 Å². The highest BCUT2D eigenvalue weighted by molar-refractivity contribution is 8.18. The van der Waals surface area contributed by atoms with Crippen LogP contribution in [-0.2, 0) is 16.0 Å². The Morgan fingerprint density at radius 3 is 2.45 bits per heavy atom. The van der Waals surface area contributed by atoms with E-state index in [9.17, 15) is 14.4 Å². The average molecular weight is 465 g/mol. The largest absolute Gasteiger partial charge is 0.382 e. The first kappa shape index (κ1) is 23.8. The van der Waals surface area contributed by atoms with Crippen molar-refractivity contribution in [3.63, 3.8) is 0 Å². The molecule has 0 saturated carbocycles. The van der Waals surface area contributed by atoms with E-state index in [4.69, 9.17) is 11.6 Å². The molecule has 0 unspecified atom stereocenters. The Kier molecular flexibility index (Phi) is 8.01. The molecule has 1 aliphatic heterocycles. The molecular formula is C23H24N6O3S. The van der Waals surface area contributed by atoms with E-state index >= 15 is 0 Å². The van der Waals surface area contributed by atoms with Crippen LogP contribution in [0.1, 0.15) is 23.6 Å². The predicted molar refractivity (Wildman–Crippen MR) is 131 cm³/mol. The van der Waals surface area contributed by atoms with Crippen molar-refractivity contribution in [1.29, 1.82) is 0 Å². The minimum absolute atomic E-state index is 0.00221. The fourth-order valence-electron chi connectivity index (χ4n) is 2.97. The van der Waals surface area contributed by atoms with E-state index < -0.39 is 5.91 Å². The van der Waals surface area contributed by atoms with E-state index in [0.29, 0.717) is 16.2 Å². The number of thioether (sulfide) groups is 1. The van der Waals surface area contributed by atoms with Crippen molar-refractivity contribution >= 4 is 46.4 Å². The van der Waals surface area contributed by atoms with Crippen LogP contribution in [0.2, 0.25) is 0 Å². The summed E-state index contributed by atoms with van der Waals surface area (Å²) in [5.74, 6) is 4.52. The normalized spacial score (nSPS) is 15.5. The quantitative estimate of drug-likeness (QED) is 0.155. The number of anilines is 1. The van der Waals surface area contributed by atoms with Gasteiger partial charge in [0.2, 0.25) is 5.91 Å². The minimum atomic E-state index is -0.397. The Labute approximate surface area is 195 Å². The second-order valence-electron chi connectivity index (χ2n) is 6.98. The predicted octanol–water partition coefficient (Wildman–Crippen LogP) is 2.56. The molecule has 0 bridgehead atoms. The second-order valence-corrected chi connectivity index (χ2v) is 7.98. The maximum atomic E-state index is 12.6. The minimum Gasteiger partial charge on any atom is -0.382 e. The van der Waals surface area contributed by atoms with Crippen LogP contribution in [0.15, 0.2) is 70.7 Å². The van der Waals surface area contributed by atoms with Gasteiger partial charge in [-0.25, -0.2) is 11.4 Å². The van der Waals surface area contributed by atoms with Gasteiger partial charge < -0.3 is 11.1 Å². The molecule has 9 nitrogen and oxygen atoms in total. The topological polar surface area (TPSA) is 143 Å². The van der Waals surface area contributed by atoms with E-state index in [1.807, 2.05) is 24.3 Å². The zero-order valence-corrected chi connectivity index (χ0v) is 18.8. The van der Waals surface area contributed by atoms with Gasteiger partial charge in [0.1, 0.15) is 0 Å². The Balaban J connectivity index is 1.56. The number of nitrogens with one attached hydrogen (secondary N) is 2. The molecule has 0 atom stereocenters. The third-order valence-electron chi connectivity index (χ3n) is 4.75. The number of amidine groups is 1. The smallest absolute Gasteiger partial charge is 0.293 e. The van der Waals surface area contributed by atoms with Crippen molar-refractivity contribution in [3.8, 4) is 0 Å². The van der Waals surface area contributed by atoms with Gasteiger partial charge in [-0.05, 0) is 59.7 Å². The number of nitrogens with two attached hydrogens (primary N) is 2. The Morgan fingerprint density at radius 2 is 1.82 bits per heavy atom. The summed E-state index contributed by atoms with van der Waals surface area (Å²) in [6, 6.07) is 14.5. The van der Waals surface area contributed by atoms with Crippen LogP contribution < -0.4 is 22.4 Å². The number of hydrazine groups is 1. The molecule has 0 aromatic heterocycles. The van der Waals surface area contributed by atoms with Crippen molar-refractivity contribution in [2.24, 2.45) is 16.7 Å². The van der Waals surface area contributed by atoms with Crippen LogP contribution in [0.5, 0.6) is 0 Å². The number of carbonyl (C=O) groups excluding carboxylic acids is 3. The van der Waals surface area contributed by atoms with Gasteiger partial charge in [0, 0.05) is 23.9 Å². The molecular weight excluding hydrogens is 440 g/mol. The van der Waals surface area contributed by atoms with E-state index in [1.54, 1.807) is 30.3 Å². The highest BCUT2D eigenvalue weighted by Gasteiger charge is 2.34. The highest BCUT2D eigenvalue weighted by Crippen LogP contribution is 2.32. The van der Waals surface area contributed by atoms with Crippen molar-refractivity contribution in [2.45, 2.75) is 13.3 Å². The molecule has 1 heterocycles. The van der Waals surface area contributed by atoms with Crippen LogP contribution in [0.3, 0.4) is 0 Å². The summed E-state index contributed by atoms with van der Waals surface area (Å²) >= 11 is 0.887. The Bertz CT molecular complexity index is 1120. The maximum absolute atomic E-state index is 12.6. The molecule has 2 aromatic carbocycles. The van der Waals surface area contributed by atoms with Gasteiger partial charge in [0.05, 0.1) is 4.91 Å². The molecule has 0 radical (unpaired) electrons. The van der Waals surface area contributed by atoms with Crippen molar-refractivity contribution in [2.75, 3.05) is 11.9 Å². The number of amides is 3. The first-order valence-electron chi connectivity index (χ1n) is 10.1. The number of rotatable bonds is 8. The number of hydrazone groups is 1. The lowest BCUT2D eigenvalue weighted by molar-refractivity contribution is -0.122. The van der Waals surface area contributed by atoms with Crippen LogP contribution in [-0.4, -0.2) is 34.3 Å². The number of nitrogens with zero attached hydrogens (tertiary/aromatic N) is 2. The first-order valence-corrected chi connectivity index (χ1v) is 10.9. The van der Waals surface area contributed by atoms with Crippen molar-refractivity contribution in [1.82, 2.24) is 10.4 Å². The highest BCUT2D eigenvalue weighted by atomic mass is 32.2. The second kappa shape index (κ2) is 11.1. The van der Waals surface area contributed by atoms with E-state index in [1.165, 1.54) is 17.7 Å². The summed E-state index contributed by atoms with van der Waals surface area (Å²) < 4.78 is 0. The zero-order chi connectivity index (χ0) is 23.8. The number of carbonyl (C=O) groups is 3. The van der Waals surface area contributed by atoms with Crippen LogP contribution in [0.4, 0.5) is 10.5 Å². The molecule has 1 fully saturated rings. The lowest BCUT2D eigenvalue weighted by atomic mass is 10.1. The maximum Gasteiger partial charge on any atom is 0.293 e. The van der Waals surface area contributed by atoms with Crippen LogP contribution in [0.25, 0.3) is 6.08 Å². The van der Waals surface area contributed by atoms with Gasteiger partial charge in [0.25, 0.3) is 11.1 Å². The van der Waals surface area contributed by atoms with Crippen molar-refractivity contribution in [3.05, 3.63) is 82.3 Å². The summed E-state index contributed by atoms with van der Waals surface area (Å²) in [5, 5.41) is 5.98. The number of hydrogen-bond donors (Lipinski definition) is 4. The lowest BCUT2D eigenvalue weighted by Gasteiger charge is -2.09. The van der Waals surface area contributed by atoms with Gasteiger partial charge in [-0.15, -0.1) is 5.10 Å². The molecule has 0 aliphatic carbocycles. The van der Waals surface area contributed by atoms with Gasteiger partial charge in [0.15, 0.2) is 5.84 Å².